The van der Waals surface area contributed by atoms with E-state index >= 15 is 0 Å². The van der Waals surface area contributed by atoms with Crippen LogP contribution in [0.25, 0.3) is 33.3 Å². The Bertz CT molecular complexity index is 1110. The summed E-state index contributed by atoms with van der Waals surface area (Å²) in [6.45, 7) is 3.78. The van der Waals surface area contributed by atoms with E-state index in [1.54, 1.807) is 19.5 Å². The molecule has 5 nitrogen and oxygen atoms in total. The number of imidazole rings is 1. The van der Waals surface area contributed by atoms with Crippen molar-refractivity contribution in [1.29, 1.82) is 0 Å². The van der Waals surface area contributed by atoms with Gasteiger partial charge in [-0.05, 0) is 49.7 Å². The van der Waals surface area contributed by atoms with E-state index in [0.29, 0.717) is 11.3 Å². The van der Waals surface area contributed by atoms with Crippen LogP contribution in [0.15, 0.2) is 41.2 Å². The Kier molecular flexibility index (Phi) is 3.76. The molecule has 2 heterocycles. The third-order valence-electron chi connectivity index (χ3n) is 4.59. The summed E-state index contributed by atoms with van der Waals surface area (Å²) in [6, 6.07) is 8.51. The van der Waals surface area contributed by atoms with E-state index in [0.717, 1.165) is 39.2 Å². The minimum absolute atomic E-state index is 0.320. The quantitative estimate of drug-likeness (QED) is 0.539. The minimum Gasteiger partial charge on any atom is -0.496 e. The summed E-state index contributed by atoms with van der Waals surface area (Å²) in [5, 5.41) is 4.04. The van der Waals surface area contributed by atoms with Crippen molar-refractivity contribution in [3.05, 3.63) is 53.9 Å². The molecule has 0 aliphatic rings. The van der Waals surface area contributed by atoms with Gasteiger partial charge >= 0.3 is 0 Å². The molecule has 0 fully saturated rings. The van der Waals surface area contributed by atoms with Gasteiger partial charge in [0.1, 0.15) is 17.3 Å². The van der Waals surface area contributed by atoms with Crippen LogP contribution in [0.2, 0.25) is 0 Å². The van der Waals surface area contributed by atoms with E-state index in [-0.39, 0.29) is 5.82 Å². The van der Waals surface area contributed by atoms with E-state index < -0.39 is 0 Å². The zero-order valence-electron chi connectivity index (χ0n) is 15.0. The second kappa shape index (κ2) is 5.98. The molecule has 4 aromatic rings. The first-order valence-corrected chi connectivity index (χ1v) is 8.22. The van der Waals surface area contributed by atoms with Gasteiger partial charge < -0.3 is 13.8 Å². The second-order valence-corrected chi connectivity index (χ2v) is 6.29. The van der Waals surface area contributed by atoms with E-state index in [2.05, 4.69) is 10.1 Å². The molecular formula is C20H18FN3O2. The molecule has 0 radical (unpaired) electrons. The fourth-order valence-electron chi connectivity index (χ4n) is 3.43. The van der Waals surface area contributed by atoms with Crippen molar-refractivity contribution >= 4 is 11.0 Å². The van der Waals surface area contributed by atoms with Crippen LogP contribution in [-0.2, 0) is 7.05 Å². The van der Waals surface area contributed by atoms with Gasteiger partial charge in [-0.15, -0.1) is 0 Å². The smallest absolute Gasteiger partial charge is 0.141 e. The zero-order valence-corrected chi connectivity index (χ0v) is 15.0. The molecule has 0 spiro atoms. The first-order valence-electron chi connectivity index (χ1n) is 8.22. The lowest BCUT2D eigenvalue weighted by molar-refractivity contribution is 0.393. The van der Waals surface area contributed by atoms with Crippen molar-refractivity contribution in [3.63, 3.8) is 0 Å². The van der Waals surface area contributed by atoms with Gasteiger partial charge in [0.15, 0.2) is 0 Å². The van der Waals surface area contributed by atoms with Gasteiger partial charge in [-0.25, -0.2) is 9.37 Å². The van der Waals surface area contributed by atoms with Crippen molar-refractivity contribution in [1.82, 2.24) is 14.7 Å². The molecule has 0 saturated heterocycles. The van der Waals surface area contributed by atoms with E-state index in [4.69, 9.17) is 9.26 Å². The normalized spacial score (nSPS) is 11.3. The lowest BCUT2D eigenvalue weighted by Gasteiger charge is -2.13. The molecule has 0 amide bonds. The molecule has 0 atom stereocenters. The molecule has 0 saturated carbocycles. The number of hydrogen-bond acceptors (Lipinski definition) is 4. The Morgan fingerprint density at radius 1 is 1.12 bits per heavy atom. The van der Waals surface area contributed by atoms with E-state index in [1.165, 1.54) is 12.1 Å². The number of aromatic nitrogens is 3. The van der Waals surface area contributed by atoms with Crippen LogP contribution in [0.3, 0.4) is 0 Å². The van der Waals surface area contributed by atoms with Gasteiger partial charge in [-0.1, -0.05) is 5.16 Å². The van der Waals surface area contributed by atoms with E-state index in [1.807, 2.05) is 37.6 Å². The Labute approximate surface area is 150 Å². The number of fused-ring (bicyclic) bond motifs is 1. The summed E-state index contributed by atoms with van der Waals surface area (Å²) in [5.41, 5.74) is 5.89. The number of methoxy groups -OCH3 is 1. The monoisotopic (exact) mass is 351 g/mol. The van der Waals surface area contributed by atoms with Crippen LogP contribution in [0.5, 0.6) is 5.75 Å². The summed E-state index contributed by atoms with van der Waals surface area (Å²) in [6.07, 6.45) is 1.75. The van der Waals surface area contributed by atoms with Crippen LogP contribution in [0, 0.1) is 19.7 Å². The number of hydrogen-bond donors (Lipinski definition) is 0. The molecule has 0 bridgehead atoms. The van der Waals surface area contributed by atoms with Crippen molar-refractivity contribution in [3.8, 4) is 28.0 Å². The van der Waals surface area contributed by atoms with Gasteiger partial charge in [0.2, 0.25) is 0 Å². The Balaban J connectivity index is 2.09. The zero-order chi connectivity index (χ0) is 18.4. The molecule has 6 heteroatoms. The van der Waals surface area contributed by atoms with Crippen LogP contribution in [-0.4, -0.2) is 21.8 Å². The lowest BCUT2D eigenvalue weighted by Crippen LogP contribution is -1.94. The number of aryl methyl sites for hydroxylation is 3. The molecule has 132 valence electrons. The maximum absolute atomic E-state index is 14.0. The van der Waals surface area contributed by atoms with E-state index in [9.17, 15) is 4.39 Å². The maximum atomic E-state index is 14.0. The van der Waals surface area contributed by atoms with Crippen molar-refractivity contribution in [2.75, 3.05) is 7.11 Å². The molecule has 0 aliphatic carbocycles. The molecule has 4 rings (SSSR count). The molecule has 0 N–H and O–H groups in total. The number of rotatable bonds is 3. The third-order valence-corrected chi connectivity index (χ3v) is 4.59. The Morgan fingerprint density at radius 2 is 1.92 bits per heavy atom. The van der Waals surface area contributed by atoms with Gasteiger partial charge in [-0.3, -0.25) is 0 Å². The summed E-state index contributed by atoms with van der Waals surface area (Å²) in [4.78, 5) is 4.49. The second-order valence-electron chi connectivity index (χ2n) is 6.29. The predicted molar refractivity (Wildman–Crippen MR) is 97.6 cm³/mol. The first kappa shape index (κ1) is 16.3. The number of benzene rings is 2. The Morgan fingerprint density at radius 3 is 2.62 bits per heavy atom. The fourth-order valence-corrected chi connectivity index (χ4v) is 3.43. The average Bonchev–Trinajstić information content (AvgIpc) is 3.16. The molecule has 0 unspecified atom stereocenters. The number of halogens is 1. The summed E-state index contributed by atoms with van der Waals surface area (Å²) in [5.74, 6) is 1.01. The molecule has 26 heavy (non-hydrogen) atoms. The van der Waals surface area contributed by atoms with Crippen molar-refractivity contribution in [2.24, 2.45) is 7.05 Å². The minimum atomic E-state index is -0.320. The van der Waals surface area contributed by atoms with Gasteiger partial charge in [-0.2, -0.15) is 0 Å². The molecule has 2 aromatic carbocycles. The number of nitrogens with zero attached hydrogens (tertiary/aromatic N) is 3. The van der Waals surface area contributed by atoms with Crippen molar-refractivity contribution < 1.29 is 13.7 Å². The lowest BCUT2D eigenvalue weighted by atomic mass is 9.96. The highest BCUT2D eigenvalue weighted by atomic mass is 19.1. The fraction of sp³-hybridized carbons (Fsp3) is 0.200. The van der Waals surface area contributed by atoms with Crippen LogP contribution in [0.1, 0.15) is 11.5 Å². The molecule has 2 aromatic heterocycles. The SMILES string of the molecule is COc1ccc(F)cc1-c1cc(-c2c(C)noc2C)cc2ncn(C)c12. The number of ether oxygens (including phenoxy) is 1. The standard InChI is InChI=1S/C20H18FN3O2/c1-11-19(12(2)26-23-11)13-7-16(20-17(8-13)22-10-24(20)3)15-9-14(21)5-6-18(15)25-4/h5-10H,1-4H3. The Hall–Kier alpha value is -3.15. The topological polar surface area (TPSA) is 53.1 Å². The van der Waals surface area contributed by atoms with Crippen molar-refractivity contribution in [2.45, 2.75) is 13.8 Å². The van der Waals surface area contributed by atoms with Gasteiger partial charge in [0, 0.05) is 23.7 Å². The third kappa shape index (κ3) is 2.45. The summed E-state index contributed by atoms with van der Waals surface area (Å²) < 4.78 is 26.7. The maximum Gasteiger partial charge on any atom is 0.141 e. The summed E-state index contributed by atoms with van der Waals surface area (Å²) in [7, 11) is 3.50. The highest BCUT2D eigenvalue weighted by Gasteiger charge is 2.19. The van der Waals surface area contributed by atoms with Crippen LogP contribution in [0.4, 0.5) is 4.39 Å². The predicted octanol–water partition coefficient (Wildman–Crippen LogP) is 4.66. The average molecular weight is 351 g/mol. The summed E-state index contributed by atoms with van der Waals surface area (Å²) >= 11 is 0. The highest BCUT2D eigenvalue weighted by molar-refractivity contribution is 5.98. The van der Waals surface area contributed by atoms with Gasteiger partial charge in [0.05, 0.1) is 30.2 Å². The largest absolute Gasteiger partial charge is 0.496 e. The molecular weight excluding hydrogens is 333 g/mol. The molecule has 0 aliphatic heterocycles. The first-order chi connectivity index (χ1) is 12.5. The van der Waals surface area contributed by atoms with Crippen LogP contribution >= 0.6 is 0 Å². The highest BCUT2D eigenvalue weighted by Crippen LogP contribution is 2.39. The van der Waals surface area contributed by atoms with Crippen LogP contribution < -0.4 is 4.74 Å². The van der Waals surface area contributed by atoms with Gasteiger partial charge in [0.25, 0.3) is 0 Å².